The van der Waals surface area contributed by atoms with Gasteiger partial charge in [0.2, 0.25) is 0 Å². The van der Waals surface area contributed by atoms with Crippen molar-refractivity contribution >= 4 is 11.8 Å². The molecule has 1 aromatic heterocycles. The average molecular weight is 335 g/mol. The molecule has 1 heterocycles. The van der Waals surface area contributed by atoms with E-state index in [-0.39, 0.29) is 11.7 Å². The summed E-state index contributed by atoms with van der Waals surface area (Å²) in [5.74, 6) is 0. The molecule has 0 aliphatic rings. The molecule has 0 saturated heterocycles. The van der Waals surface area contributed by atoms with E-state index in [0.717, 1.165) is 11.1 Å². The Morgan fingerprint density at radius 2 is 1.76 bits per heavy atom. The van der Waals surface area contributed by atoms with E-state index in [2.05, 4.69) is 15.5 Å². The zero-order valence-corrected chi connectivity index (χ0v) is 13.6. The van der Waals surface area contributed by atoms with Crippen molar-refractivity contribution in [2.75, 3.05) is 5.32 Å². The summed E-state index contributed by atoms with van der Waals surface area (Å²) in [5, 5.41) is 9.04. The topological polar surface area (TPSA) is 84.1 Å². The maximum Gasteiger partial charge on any atom is 0.412 e. The Morgan fingerprint density at radius 3 is 2.40 bits per heavy atom. The van der Waals surface area contributed by atoms with Crippen molar-refractivity contribution < 1.29 is 9.53 Å². The summed E-state index contributed by atoms with van der Waals surface area (Å²) in [6.45, 7) is 1.82. The lowest BCUT2D eigenvalue weighted by Gasteiger charge is -2.14. The molecule has 6 nitrogen and oxygen atoms in total. The van der Waals surface area contributed by atoms with Crippen molar-refractivity contribution in [3.8, 4) is 11.3 Å². The molecule has 3 rings (SSSR count). The highest BCUT2D eigenvalue weighted by molar-refractivity contribution is 5.85. The minimum Gasteiger partial charge on any atom is -0.441 e. The molecule has 0 aliphatic carbocycles. The SMILES string of the molecule is CC(OC(=O)Nc1ccc(-c2ccc(=O)[nH]n2)cc1)c1ccccc1. The second-order valence-corrected chi connectivity index (χ2v) is 5.47. The number of ether oxygens (including phenoxy) is 1. The van der Waals surface area contributed by atoms with Gasteiger partial charge in [0.05, 0.1) is 5.69 Å². The Labute approximate surface area is 144 Å². The van der Waals surface area contributed by atoms with Crippen molar-refractivity contribution in [1.82, 2.24) is 10.2 Å². The molecule has 0 bridgehead atoms. The molecule has 2 aromatic carbocycles. The third-order valence-electron chi connectivity index (χ3n) is 3.66. The van der Waals surface area contributed by atoms with Crippen LogP contribution in [0.2, 0.25) is 0 Å². The first kappa shape index (κ1) is 16.4. The number of H-pyrrole nitrogens is 1. The van der Waals surface area contributed by atoms with Crippen LogP contribution in [0.3, 0.4) is 0 Å². The number of nitrogens with one attached hydrogen (secondary N) is 2. The fourth-order valence-electron chi connectivity index (χ4n) is 2.33. The lowest BCUT2D eigenvalue weighted by atomic mass is 10.1. The molecule has 3 aromatic rings. The zero-order chi connectivity index (χ0) is 17.6. The van der Waals surface area contributed by atoms with E-state index in [9.17, 15) is 9.59 Å². The number of rotatable bonds is 4. The second-order valence-electron chi connectivity index (χ2n) is 5.47. The highest BCUT2D eigenvalue weighted by Crippen LogP contribution is 2.20. The summed E-state index contributed by atoms with van der Waals surface area (Å²) in [6.07, 6.45) is -0.864. The van der Waals surface area contributed by atoms with Crippen LogP contribution in [-0.4, -0.2) is 16.3 Å². The van der Waals surface area contributed by atoms with Crippen molar-refractivity contribution in [3.05, 3.63) is 82.6 Å². The largest absolute Gasteiger partial charge is 0.441 e. The Bertz CT molecular complexity index is 885. The van der Waals surface area contributed by atoms with Crippen LogP contribution >= 0.6 is 0 Å². The van der Waals surface area contributed by atoms with Crippen molar-refractivity contribution in [2.24, 2.45) is 0 Å². The van der Waals surface area contributed by atoms with Crippen LogP contribution in [0, 0.1) is 0 Å². The summed E-state index contributed by atoms with van der Waals surface area (Å²) in [4.78, 5) is 23.0. The number of carbonyl (C=O) groups is 1. The smallest absolute Gasteiger partial charge is 0.412 e. The highest BCUT2D eigenvalue weighted by Gasteiger charge is 2.11. The van der Waals surface area contributed by atoms with E-state index >= 15 is 0 Å². The lowest BCUT2D eigenvalue weighted by Crippen LogP contribution is -2.15. The summed E-state index contributed by atoms with van der Waals surface area (Å²) in [7, 11) is 0. The van der Waals surface area contributed by atoms with Gasteiger partial charge in [-0.15, -0.1) is 0 Å². The van der Waals surface area contributed by atoms with Crippen LogP contribution in [0.4, 0.5) is 10.5 Å². The van der Waals surface area contributed by atoms with E-state index in [4.69, 9.17) is 4.74 Å². The first-order valence-corrected chi connectivity index (χ1v) is 7.80. The summed E-state index contributed by atoms with van der Waals surface area (Å²) in [5.41, 5.74) is 2.76. The molecule has 6 heteroatoms. The number of aromatic nitrogens is 2. The van der Waals surface area contributed by atoms with Crippen LogP contribution in [-0.2, 0) is 4.74 Å². The maximum atomic E-state index is 12.0. The van der Waals surface area contributed by atoms with Gasteiger partial charge in [0.15, 0.2) is 0 Å². The predicted octanol–water partition coefficient (Wildman–Crippen LogP) is 3.75. The van der Waals surface area contributed by atoms with Crippen LogP contribution in [0.25, 0.3) is 11.3 Å². The Kier molecular flexibility index (Phi) is 4.89. The van der Waals surface area contributed by atoms with Gasteiger partial charge < -0.3 is 4.74 Å². The van der Waals surface area contributed by atoms with Crippen LogP contribution in [0.15, 0.2) is 71.5 Å². The molecule has 2 N–H and O–H groups in total. The predicted molar refractivity (Wildman–Crippen MR) is 95.3 cm³/mol. The fourth-order valence-corrected chi connectivity index (χ4v) is 2.33. The molecule has 126 valence electrons. The second kappa shape index (κ2) is 7.44. The van der Waals surface area contributed by atoms with E-state index in [1.54, 1.807) is 30.3 Å². The van der Waals surface area contributed by atoms with Crippen molar-refractivity contribution in [2.45, 2.75) is 13.0 Å². The van der Waals surface area contributed by atoms with Gasteiger partial charge in [-0.25, -0.2) is 9.89 Å². The first-order chi connectivity index (χ1) is 12.1. The lowest BCUT2D eigenvalue weighted by molar-refractivity contribution is 0.121. The van der Waals surface area contributed by atoms with E-state index in [0.29, 0.717) is 11.4 Å². The normalized spacial score (nSPS) is 11.6. The first-order valence-electron chi connectivity index (χ1n) is 7.80. The minimum absolute atomic E-state index is 0.252. The van der Waals surface area contributed by atoms with Gasteiger partial charge in [-0.3, -0.25) is 10.1 Å². The minimum atomic E-state index is -0.522. The molecule has 1 amide bonds. The monoisotopic (exact) mass is 335 g/mol. The molecular formula is C19H17N3O3. The number of benzene rings is 2. The summed E-state index contributed by atoms with van der Waals surface area (Å²) in [6, 6.07) is 19.7. The van der Waals surface area contributed by atoms with Crippen LogP contribution in [0.5, 0.6) is 0 Å². The molecule has 25 heavy (non-hydrogen) atoms. The summed E-state index contributed by atoms with van der Waals surface area (Å²) < 4.78 is 5.37. The van der Waals surface area contributed by atoms with Gasteiger partial charge in [-0.2, -0.15) is 5.10 Å². The molecule has 0 saturated carbocycles. The molecule has 1 atom stereocenters. The number of anilines is 1. The molecule has 1 unspecified atom stereocenters. The van der Waals surface area contributed by atoms with E-state index in [1.807, 2.05) is 37.3 Å². The molecular weight excluding hydrogens is 318 g/mol. The van der Waals surface area contributed by atoms with Gasteiger partial charge >= 0.3 is 6.09 Å². The van der Waals surface area contributed by atoms with Gasteiger partial charge in [0.25, 0.3) is 5.56 Å². The van der Waals surface area contributed by atoms with E-state index in [1.165, 1.54) is 6.07 Å². The third kappa shape index (κ3) is 4.32. The molecule has 0 radical (unpaired) electrons. The standard InChI is InChI=1S/C19H17N3O3/c1-13(14-5-3-2-4-6-14)25-19(24)20-16-9-7-15(8-10-16)17-11-12-18(23)22-21-17/h2-13H,1H3,(H,20,24)(H,22,23). The Hall–Kier alpha value is -3.41. The molecule has 0 aliphatic heterocycles. The third-order valence-corrected chi connectivity index (χ3v) is 3.66. The van der Waals surface area contributed by atoms with Gasteiger partial charge in [-0.05, 0) is 30.7 Å². The van der Waals surface area contributed by atoms with Gasteiger partial charge in [0, 0.05) is 17.3 Å². The molecule has 0 fully saturated rings. The van der Waals surface area contributed by atoms with Crippen LogP contribution < -0.4 is 10.9 Å². The van der Waals surface area contributed by atoms with Gasteiger partial charge in [-0.1, -0.05) is 42.5 Å². The zero-order valence-electron chi connectivity index (χ0n) is 13.6. The Morgan fingerprint density at radius 1 is 1.04 bits per heavy atom. The number of hydrogen-bond acceptors (Lipinski definition) is 4. The van der Waals surface area contributed by atoms with Crippen molar-refractivity contribution in [1.29, 1.82) is 0 Å². The quantitative estimate of drug-likeness (QED) is 0.760. The average Bonchev–Trinajstić information content (AvgIpc) is 2.64. The van der Waals surface area contributed by atoms with Crippen molar-refractivity contribution in [3.63, 3.8) is 0 Å². The number of hydrogen-bond donors (Lipinski definition) is 2. The van der Waals surface area contributed by atoms with Gasteiger partial charge in [0.1, 0.15) is 6.10 Å². The maximum absolute atomic E-state index is 12.0. The highest BCUT2D eigenvalue weighted by atomic mass is 16.6. The van der Waals surface area contributed by atoms with Crippen LogP contribution in [0.1, 0.15) is 18.6 Å². The number of aromatic amines is 1. The number of amides is 1. The fraction of sp³-hybridized carbons (Fsp3) is 0.105. The number of nitrogens with zero attached hydrogens (tertiary/aromatic N) is 1. The Balaban J connectivity index is 1.62. The number of carbonyl (C=O) groups excluding carboxylic acids is 1. The summed E-state index contributed by atoms with van der Waals surface area (Å²) >= 11 is 0. The molecule has 0 spiro atoms. The van der Waals surface area contributed by atoms with E-state index < -0.39 is 6.09 Å².